The van der Waals surface area contributed by atoms with Crippen LogP contribution in [0.25, 0.3) is 0 Å². The maximum absolute atomic E-state index is 9.68. The van der Waals surface area contributed by atoms with Gasteiger partial charge >= 0.3 is 0 Å². The van der Waals surface area contributed by atoms with Gasteiger partial charge in [0.05, 0.1) is 6.61 Å². The molecule has 0 aromatic rings. The lowest BCUT2D eigenvalue weighted by Crippen LogP contribution is -2.59. The van der Waals surface area contributed by atoms with Crippen molar-refractivity contribution < 1.29 is 29.9 Å². The quantitative estimate of drug-likeness (QED) is 0.458. The van der Waals surface area contributed by atoms with Crippen molar-refractivity contribution in [3.63, 3.8) is 0 Å². The van der Waals surface area contributed by atoms with Crippen molar-refractivity contribution >= 4 is 0 Å². The fraction of sp³-hybridized carbons (Fsp3) is 1.00. The fourth-order valence-electron chi connectivity index (χ4n) is 1.93. The zero-order valence-electron chi connectivity index (χ0n) is 10.7. The van der Waals surface area contributed by atoms with Gasteiger partial charge in [-0.3, -0.25) is 0 Å². The first-order chi connectivity index (χ1) is 8.61. The van der Waals surface area contributed by atoms with E-state index in [1.54, 1.807) is 0 Å². The molecule has 18 heavy (non-hydrogen) atoms. The molecule has 1 fully saturated rings. The van der Waals surface area contributed by atoms with E-state index in [0.717, 1.165) is 25.7 Å². The highest BCUT2D eigenvalue weighted by Crippen LogP contribution is 2.22. The van der Waals surface area contributed by atoms with E-state index in [2.05, 4.69) is 6.92 Å². The van der Waals surface area contributed by atoms with Crippen LogP contribution in [0.15, 0.2) is 0 Å². The second kappa shape index (κ2) is 8.04. The fourth-order valence-corrected chi connectivity index (χ4v) is 1.93. The summed E-state index contributed by atoms with van der Waals surface area (Å²) in [7, 11) is 0. The van der Waals surface area contributed by atoms with E-state index in [0.29, 0.717) is 6.61 Å². The molecule has 1 rings (SSSR count). The van der Waals surface area contributed by atoms with E-state index >= 15 is 0 Å². The second-order valence-electron chi connectivity index (χ2n) is 4.63. The Labute approximate surface area is 107 Å². The Kier molecular flexibility index (Phi) is 7.06. The summed E-state index contributed by atoms with van der Waals surface area (Å²) in [5.74, 6) is 0. The molecule has 0 radical (unpaired) electrons. The molecule has 0 spiro atoms. The molecule has 4 N–H and O–H groups in total. The Morgan fingerprint density at radius 1 is 1.00 bits per heavy atom. The molecule has 1 saturated heterocycles. The minimum atomic E-state index is -1.36. The molecular weight excluding hydrogens is 240 g/mol. The summed E-state index contributed by atoms with van der Waals surface area (Å²) in [6, 6.07) is 0. The number of aliphatic hydroxyl groups is 4. The molecule has 0 aromatic heterocycles. The predicted octanol–water partition coefficient (Wildman–Crippen LogP) is -0.617. The first kappa shape index (κ1) is 15.8. The van der Waals surface area contributed by atoms with E-state index in [1.165, 1.54) is 0 Å². The average Bonchev–Trinajstić information content (AvgIpc) is 2.38. The van der Waals surface area contributed by atoms with Gasteiger partial charge in [0.15, 0.2) is 6.29 Å². The molecule has 0 saturated carbocycles. The van der Waals surface area contributed by atoms with Gasteiger partial charge in [0.2, 0.25) is 0 Å². The lowest BCUT2D eigenvalue weighted by Gasteiger charge is -2.39. The summed E-state index contributed by atoms with van der Waals surface area (Å²) in [4.78, 5) is 0. The molecule has 5 atom stereocenters. The largest absolute Gasteiger partial charge is 0.394 e. The van der Waals surface area contributed by atoms with Crippen LogP contribution < -0.4 is 0 Å². The molecule has 1 heterocycles. The van der Waals surface area contributed by atoms with Crippen LogP contribution in [-0.2, 0) is 9.47 Å². The van der Waals surface area contributed by atoms with Crippen LogP contribution in [0.3, 0.4) is 0 Å². The average molecular weight is 264 g/mol. The Balaban J connectivity index is 2.35. The Morgan fingerprint density at radius 3 is 2.33 bits per heavy atom. The molecule has 108 valence electrons. The number of aliphatic hydroxyl groups excluding tert-OH is 4. The molecule has 0 bridgehead atoms. The van der Waals surface area contributed by atoms with Crippen LogP contribution in [-0.4, -0.2) is 64.3 Å². The third-order valence-corrected chi connectivity index (χ3v) is 3.13. The number of rotatable bonds is 7. The van der Waals surface area contributed by atoms with Gasteiger partial charge in [-0.1, -0.05) is 26.2 Å². The molecule has 6 nitrogen and oxygen atoms in total. The maximum Gasteiger partial charge on any atom is 0.186 e. The topological polar surface area (TPSA) is 99.4 Å². The van der Waals surface area contributed by atoms with Crippen molar-refractivity contribution in [3.8, 4) is 0 Å². The van der Waals surface area contributed by atoms with Crippen molar-refractivity contribution in [1.29, 1.82) is 0 Å². The molecule has 0 aromatic carbocycles. The van der Waals surface area contributed by atoms with Crippen LogP contribution in [0.2, 0.25) is 0 Å². The van der Waals surface area contributed by atoms with Crippen molar-refractivity contribution in [1.82, 2.24) is 0 Å². The number of hydrogen-bond acceptors (Lipinski definition) is 6. The SMILES string of the molecule is CCCCCCO[C@@H]1O[C@H](CO)[C@H](O)[C@H](O)[C@H]1O. The van der Waals surface area contributed by atoms with Crippen LogP contribution in [0.1, 0.15) is 32.6 Å². The van der Waals surface area contributed by atoms with Crippen molar-refractivity contribution in [3.05, 3.63) is 0 Å². The smallest absolute Gasteiger partial charge is 0.186 e. The normalized spacial score (nSPS) is 36.8. The van der Waals surface area contributed by atoms with Gasteiger partial charge in [-0.15, -0.1) is 0 Å². The van der Waals surface area contributed by atoms with Crippen LogP contribution in [0.5, 0.6) is 0 Å². The van der Waals surface area contributed by atoms with Gasteiger partial charge in [0.25, 0.3) is 0 Å². The second-order valence-corrected chi connectivity index (χ2v) is 4.63. The number of hydrogen-bond donors (Lipinski definition) is 4. The third-order valence-electron chi connectivity index (χ3n) is 3.13. The number of unbranched alkanes of at least 4 members (excludes halogenated alkanes) is 3. The zero-order chi connectivity index (χ0) is 13.5. The molecule has 0 unspecified atom stereocenters. The first-order valence-electron chi connectivity index (χ1n) is 6.54. The van der Waals surface area contributed by atoms with Crippen molar-refractivity contribution in [2.45, 2.75) is 63.3 Å². The summed E-state index contributed by atoms with van der Waals surface area (Å²) in [6.45, 7) is 2.10. The Hall–Kier alpha value is -0.240. The standard InChI is InChI=1S/C12H24O6/c1-2-3-4-5-6-17-12-11(16)10(15)9(14)8(7-13)18-12/h8-16H,2-7H2,1H3/t8-,9+,10+,11-,12-/m1/s1. The molecule has 1 aliphatic rings. The van der Waals surface area contributed by atoms with Gasteiger partial charge in [-0.2, -0.15) is 0 Å². The highest BCUT2D eigenvalue weighted by molar-refractivity contribution is 4.88. The van der Waals surface area contributed by atoms with Crippen molar-refractivity contribution in [2.75, 3.05) is 13.2 Å². The monoisotopic (exact) mass is 264 g/mol. The molecule has 6 heteroatoms. The maximum atomic E-state index is 9.68. The van der Waals surface area contributed by atoms with E-state index < -0.39 is 37.3 Å². The lowest BCUT2D eigenvalue weighted by atomic mass is 9.99. The zero-order valence-corrected chi connectivity index (χ0v) is 10.7. The Morgan fingerprint density at radius 2 is 1.72 bits per heavy atom. The Bertz CT molecular complexity index is 223. The highest BCUT2D eigenvalue weighted by atomic mass is 16.7. The molecule has 0 amide bonds. The minimum Gasteiger partial charge on any atom is -0.394 e. The highest BCUT2D eigenvalue weighted by Gasteiger charge is 2.43. The minimum absolute atomic E-state index is 0.419. The third kappa shape index (κ3) is 4.15. The van der Waals surface area contributed by atoms with Crippen molar-refractivity contribution in [2.24, 2.45) is 0 Å². The van der Waals surface area contributed by atoms with Crippen LogP contribution in [0.4, 0.5) is 0 Å². The van der Waals surface area contributed by atoms with Gasteiger partial charge in [-0.05, 0) is 6.42 Å². The molecule has 1 aliphatic heterocycles. The van der Waals surface area contributed by atoms with Gasteiger partial charge < -0.3 is 29.9 Å². The first-order valence-corrected chi connectivity index (χ1v) is 6.54. The summed E-state index contributed by atoms with van der Waals surface area (Å²) in [6.07, 6.45) is -1.75. The molecule has 0 aliphatic carbocycles. The van der Waals surface area contributed by atoms with Gasteiger partial charge in [-0.25, -0.2) is 0 Å². The predicted molar refractivity (Wildman–Crippen MR) is 63.9 cm³/mol. The van der Waals surface area contributed by atoms with E-state index in [9.17, 15) is 15.3 Å². The van der Waals surface area contributed by atoms with Gasteiger partial charge in [0.1, 0.15) is 24.4 Å². The van der Waals surface area contributed by atoms with Crippen LogP contribution in [0, 0.1) is 0 Å². The van der Waals surface area contributed by atoms with E-state index in [-0.39, 0.29) is 0 Å². The lowest BCUT2D eigenvalue weighted by molar-refractivity contribution is -0.301. The summed E-state index contributed by atoms with van der Waals surface area (Å²) >= 11 is 0. The molecular formula is C12H24O6. The summed E-state index contributed by atoms with van der Waals surface area (Å²) in [5, 5.41) is 37.8. The van der Waals surface area contributed by atoms with E-state index in [1.807, 2.05) is 0 Å². The van der Waals surface area contributed by atoms with E-state index in [4.69, 9.17) is 14.6 Å². The summed E-state index contributed by atoms with van der Waals surface area (Å²) < 4.78 is 10.5. The summed E-state index contributed by atoms with van der Waals surface area (Å²) in [5.41, 5.74) is 0. The van der Waals surface area contributed by atoms with Crippen LogP contribution >= 0.6 is 0 Å². The number of ether oxygens (including phenoxy) is 2. The van der Waals surface area contributed by atoms with Gasteiger partial charge in [0, 0.05) is 6.61 Å².